The first-order valence-electron chi connectivity index (χ1n) is 7.95. The molecular formula is C16H8Cl2F4N4O6. The average Bonchev–Trinajstić information content (AvgIpc) is 2.70. The van der Waals surface area contributed by atoms with Gasteiger partial charge in [-0.1, -0.05) is 23.2 Å². The topological polar surface area (TPSA) is 144 Å². The molecule has 0 radical (unpaired) electrons. The van der Waals surface area contributed by atoms with Gasteiger partial charge < -0.3 is 10.6 Å². The molecule has 2 N–H and O–H groups in total. The number of hydrogen-bond acceptors (Lipinski definition) is 6. The fourth-order valence-corrected chi connectivity index (χ4v) is 2.46. The predicted molar refractivity (Wildman–Crippen MR) is 103 cm³/mol. The minimum absolute atomic E-state index is 0.490. The van der Waals surface area contributed by atoms with E-state index in [9.17, 15) is 47.4 Å². The molecule has 0 bridgehead atoms. The van der Waals surface area contributed by atoms with Crippen molar-refractivity contribution in [2.24, 2.45) is 0 Å². The van der Waals surface area contributed by atoms with Gasteiger partial charge in [0.2, 0.25) is 0 Å². The Morgan fingerprint density at radius 1 is 0.750 bits per heavy atom. The van der Waals surface area contributed by atoms with Gasteiger partial charge in [0, 0.05) is 24.3 Å². The maximum atomic E-state index is 14.2. The number of anilines is 2. The van der Waals surface area contributed by atoms with Crippen LogP contribution in [0.25, 0.3) is 0 Å². The molecule has 0 fully saturated rings. The maximum absolute atomic E-state index is 14.2. The third kappa shape index (κ3) is 4.86. The van der Waals surface area contributed by atoms with Crippen LogP contribution in [0.3, 0.4) is 0 Å². The van der Waals surface area contributed by atoms with Crippen molar-refractivity contribution in [1.82, 2.24) is 0 Å². The first-order valence-corrected chi connectivity index (χ1v) is 8.70. The van der Waals surface area contributed by atoms with Gasteiger partial charge in [0.25, 0.3) is 11.4 Å². The van der Waals surface area contributed by atoms with Gasteiger partial charge in [0.05, 0.1) is 31.3 Å². The van der Waals surface area contributed by atoms with Crippen molar-refractivity contribution in [2.75, 3.05) is 10.6 Å². The summed E-state index contributed by atoms with van der Waals surface area (Å²) in [6, 6.07) is 4.50. The highest BCUT2D eigenvalue weighted by Gasteiger charge is 2.67. The van der Waals surface area contributed by atoms with Crippen LogP contribution in [0.2, 0.25) is 10.0 Å². The number of carbonyl (C=O) groups excluding carboxylic acids is 2. The van der Waals surface area contributed by atoms with Crippen molar-refractivity contribution in [3.8, 4) is 0 Å². The summed E-state index contributed by atoms with van der Waals surface area (Å²) >= 11 is 11.2. The van der Waals surface area contributed by atoms with Gasteiger partial charge in [0.15, 0.2) is 0 Å². The molecule has 0 atom stereocenters. The number of carbonyl (C=O) groups is 2. The lowest BCUT2D eigenvalue weighted by Gasteiger charge is -2.24. The Morgan fingerprint density at radius 2 is 1.06 bits per heavy atom. The van der Waals surface area contributed by atoms with Crippen molar-refractivity contribution < 1.29 is 37.0 Å². The summed E-state index contributed by atoms with van der Waals surface area (Å²) in [5.41, 5.74) is -2.97. The Labute approximate surface area is 184 Å². The van der Waals surface area contributed by atoms with Crippen LogP contribution in [0.15, 0.2) is 36.4 Å². The Balaban J connectivity index is 2.30. The molecule has 2 aromatic carbocycles. The fourth-order valence-electron chi connectivity index (χ4n) is 2.13. The molecule has 170 valence electrons. The van der Waals surface area contributed by atoms with Crippen molar-refractivity contribution in [2.45, 2.75) is 11.8 Å². The molecule has 0 aliphatic rings. The summed E-state index contributed by atoms with van der Waals surface area (Å²) in [4.78, 5) is 43.2. The lowest BCUT2D eigenvalue weighted by atomic mass is 10.1. The molecule has 16 heteroatoms. The number of benzene rings is 2. The minimum Gasteiger partial charge on any atom is -0.319 e. The van der Waals surface area contributed by atoms with Crippen LogP contribution in [0.1, 0.15) is 0 Å². The third-order valence-electron chi connectivity index (χ3n) is 3.78. The zero-order valence-corrected chi connectivity index (χ0v) is 16.6. The molecule has 0 heterocycles. The monoisotopic (exact) mass is 498 g/mol. The summed E-state index contributed by atoms with van der Waals surface area (Å²) in [7, 11) is 0. The predicted octanol–water partition coefficient (Wildman–Crippen LogP) is 4.66. The highest BCUT2D eigenvalue weighted by molar-refractivity contribution is 6.34. The molecular weight excluding hydrogens is 491 g/mol. The Kier molecular flexibility index (Phi) is 6.90. The summed E-state index contributed by atoms with van der Waals surface area (Å²) in [6.45, 7) is 0. The van der Waals surface area contributed by atoms with E-state index in [0.29, 0.717) is 12.1 Å². The molecule has 32 heavy (non-hydrogen) atoms. The van der Waals surface area contributed by atoms with E-state index in [1.165, 1.54) is 10.6 Å². The zero-order chi connectivity index (χ0) is 24.4. The van der Waals surface area contributed by atoms with Crippen molar-refractivity contribution >= 4 is 57.8 Å². The van der Waals surface area contributed by atoms with Gasteiger partial charge in [-0.15, -0.1) is 0 Å². The highest BCUT2D eigenvalue weighted by atomic mass is 35.5. The molecule has 2 rings (SSSR count). The van der Waals surface area contributed by atoms with Crippen molar-refractivity contribution in [1.29, 1.82) is 0 Å². The fraction of sp³-hybridized carbons (Fsp3) is 0.125. The van der Waals surface area contributed by atoms with Gasteiger partial charge in [-0.3, -0.25) is 29.8 Å². The van der Waals surface area contributed by atoms with E-state index in [0.717, 1.165) is 24.3 Å². The standard InChI is InChI=1S/C16H8Cl2F4N4O6/c17-9-3-1-7(25(29)30)5-11(9)23-13(27)15(19,20)16(21,22)14(28)24-12-6-8(26(31)32)2-4-10(12)18/h1-6H,(H,23,27)(H,24,28). The number of nitro groups is 2. The molecule has 10 nitrogen and oxygen atoms in total. The van der Waals surface area contributed by atoms with Gasteiger partial charge >= 0.3 is 23.7 Å². The first-order chi connectivity index (χ1) is 14.7. The van der Waals surface area contributed by atoms with Gasteiger partial charge in [-0.25, -0.2) is 0 Å². The number of nitrogens with zero attached hydrogens (tertiary/aromatic N) is 2. The molecule has 0 spiro atoms. The maximum Gasteiger partial charge on any atom is 0.396 e. The van der Waals surface area contributed by atoms with Crippen molar-refractivity contribution in [3.63, 3.8) is 0 Å². The van der Waals surface area contributed by atoms with E-state index in [4.69, 9.17) is 23.2 Å². The van der Waals surface area contributed by atoms with Crippen LogP contribution in [0, 0.1) is 20.2 Å². The average molecular weight is 499 g/mol. The van der Waals surface area contributed by atoms with E-state index in [-0.39, 0.29) is 0 Å². The largest absolute Gasteiger partial charge is 0.396 e. The number of non-ortho nitro benzene ring substituents is 2. The molecule has 0 saturated heterocycles. The molecule has 0 aromatic heterocycles. The molecule has 0 unspecified atom stereocenters. The molecule has 2 amide bonds. The van der Waals surface area contributed by atoms with Gasteiger partial charge in [-0.05, 0) is 12.1 Å². The number of hydrogen-bond donors (Lipinski definition) is 2. The SMILES string of the molecule is O=C(Nc1cc([N+](=O)[O-])ccc1Cl)C(F)(F)C(F)(F)C(=O)Nc1cc([N+](=O)[O-])ccc1Cl. The summed E-state index contributed by atoms with van der Waals surface area (Å²) in [5, 5.41) is 23.1. The molecule has 0 aliphatic heterocycles. The van der Waals surface area contributed by atoms with Crippen LogP contribution in [-0.2, 0) is 9.59 Å². The van der Waals surface area contributed by atoms with Gasteiger partial charge in [-0.2, -0.15) is 17.6 Å². The smallest absolute Gasteiger partial charge is 0.319 e. The number of nitrogens with one attached hydrogen (secondary N) is 2. The molecule has 0 aliphatic carbocycles. The Bertz CT molecular complexity index is 1040. The number of nitro benzene ring substituents is 2. The lowest BCUT2D eigenvalue weighted by Crippen LogP contribution is -2.56. The molecule has 2 aromatic rings. The normalized spacial score (nSPS) is 11.6. The number of alkyl halides is 4. The first kappa shape index (κ1) is 24.7. The number of rotatable bonds is 7. The van der Waals surface area contributed by atoms with E-state index >= 15 is 0 Å². The number of halogens is 6. The summed E-state index contributed by atoms with van der Waals surface area (Å²) in [5.74, 6) is -16.8. The second-order valence-corrected chi connectivity index (χ2v) is 6.71. The van der Waals surface area contributed by atoms with Crippen LogP contribution in [-0.4, -0.2) is 33.5 Å². The van der Waals surface area contributed by atoms with Gasteiger partial charge in [0.1, 0.15) is 0 Å². The third-order valence-corrected chi connectivity index (χ3v) is 4.44. The van der Waals surface area contributed by atoms with Crippen LogP contribution >= 0.6 is 23.2 Å². The van der Waals surface area contributed by atoms with Crippen molar-refractivity contribution in [3.05, 3.63) is 66.7 Å². The summed E-state index contributed by atoms with van der Waals surface area (Å²) in [6.07, 6.45) is 0. The summed E-state index contributed by atoms with van der Waals surface area (Å²) < 4.78 is 56.8. The van der Waals surface area contributed by atoms with E-state index in [2.05, 4.69) is 0 Å². The van der Waals surface area contributed by atoms with Crippen LogP contribution in [0.5, 0.6) is 0 Å². The second kappa shape index (κ2) is 8.92. The zero-order valence-electron chi connectivity index (χ0n) is 15.1. The quantitative estimate of drug-likeness (QED) is 0.322. The van der Waals surface area contributed by atoms with E-state index in [1.54, 1.807) is 0 Å². The highest BCUT2D eigenvalue weighted by Crippen LogP contribution is 2.38. The Morgan fingerprint density at radius 3 is 1.34 bits per heavy atom. The van der Waals surface area contributed by atoms with Crippen LogP contribution < -0.4 is 10.6 Å². The van der Waals surface area contributed by atoms with E-state index in [1.807, 2.05) is 0 Å². The molecule has 0 saturated carbocycles. The Hall–Kier alpha value is -3.52. The van der Waals surface area contributed by atoms with Crippen LogP contribution in [0.4, 0.5) is 40.3 Å². The second-order valence-electron chi connectivity index (χ2n) is 5.90. The van der Waals surface area contributed by atoms with E-state index < -0.39 is 66.3 Å². The number of amides is 2. The minimum atomic E-state index is -5.68. The lowest BCUT2D eigenvalue weighted by molar-refractivity contribution is -0.385.